The second-order valence-electron chi connectivity index (χ2n) is 10.9. The lowest BCUT2D eigenvalue weighted by atomic mass is 10.0. The molecule has 1 aromatic heterocycles. The molecular formula is C31H30F3N5O2. The molecule has 7 nitrogen and oxygen atoms in total. The zero-order valence-corrected chi connectivity index (χ0v) is 22.4. The SMILES string of the molecule is O=C(Nc1n[nH]c2ccc(Cc3cc(F)cc(F)c3)cc12)c1cc(C(=O)N2CCCC2CN2CCCC2)ccc1F. The van der Waals surface area contributed by atoms with E-state index in [9.17, 15) is 22.8 Å². The van der Waals surface area contributed by atoms with Crippen molar-refractivity contribution in [3.05, 3.63) is 94.3 Å². The minimum atomic E-state index is -0.747. The molecular weight excluding hydrogens is 531 g/mol. The summed E-state index contributed by atoms with van der Waals surface area (Å²) >= 11 is 0. The van der Waals surface area contributed by atoms with E-state index in [0.717, 1.165) is 50.2 Å². The van der Waals surface area contributed by atoms with Gasteiger partial charge in [0.1, 0.15) is 17.5 Å². The van der Waals surface area contributed by atoms with Crippen LogP contribution in [-0.4, -0.2) is 64.0 Å². The van der Waals surface area contributed by atoms with Crippen LogP contribution in [0.3, 0.4) is 0 Å². The number of nitrogens with zero attached hydrogens (tertiary/aromatic N) is 3. The van der Waals surface area contributed by atoms with Gasteiger partial charge in [-0.1, -0.05) is 6.07 Å². The summed E-state index contributed by atoms with van der Waals surface area (Å²) in [4.78, 5) is 30.9. The smallest absolute Gasteiger partial charge is 0.259 e. The molecule has 6 rings (SSSR count). The first-order valence-electron chi connectivity index (χ1n) is 13.9. The van der Waals surface area contributed by atoms with Crippen LogP contribution < -0.4 is 5.32 Å². The van der Waals surface area contributed by atoms with Crippen molar-refractivity contribution in [2.75, 3.05) is 31.5 Å². The van der Waals surface area contributed by atoms with Crippen molar-refractivity contribution >= 4 is 28.5 Å². The molecule has 2 amide bonds. The third-order valence-corrected chi connectivity index (χ3v) is 7.95. The fraction of sp³-hybridized carbons (Fsp3) is 0.323. The lowest BCUT2D eigenvalue weighted by Crippen LogP contribution is -2.42. The molecule has 41 heavy (non-hydrogen) atoms. The van der Waals surface area contributed by atoms with E-state index in [2.05, 4.69) is 20.4 Å². The van der Waals surface area contributed by atoms with Crippen LogP contribution in [0.5, 0.6) is 0 Å². The highest BCUT2D eigenvalue weighted by Gasteiger charge is 2.32. The third kappa shape index (κ3) is 5.83. The van der Waals surface area contributed by atoms with E-state index in [1.54, 1.807) is 18.2 Å². The van der Waals surface area contributed by atoms with Crippen LogP contribution in [0.25, 0.3) is 10.9 Å². The fourth-order valence-electron chi connectivity index (χ4n) is 5.94. The van der Waals surface area contributed by atoms with E-state index in [1.807, 2.05) is 4.90 Å². The number of aromatic amines is 1. The summed E-state index contributed by atoms with van der Waals surface area (Å²) in [7, 11) is 0. The quantitative estimate of drug-likeness (QED) is 0.311. The molecule has 0 aliphatic carbocycles. The molecule has 3 aromatic carbocycles. The van der Waals surface area contributed by atoms with Crippen LogP contribution in [0, 0.1) is 17.5 Å². The molecule has 2 fully saturated rings. The van der Waals surface area contributed by atoms with Crippen molar-refractivity contribution in [3.8, 4) is 0 Å². The average Bonchev–Trinajstić information content (AvgIpc) is 3.71. The number of carbonyl (C=O) groups excluding carboxylic acids is 2. The minimum Gasteiger partial charge on any atom is -0.334 e. The molecule has 4 aromatic rings. The van der Waals surface area contributed by atoms with Crippen molar-refractivity contribution < 1.29 is 22.8 Å². The van der Waals surface area contributed by atoms with Crippen molar-refractivity contribution in [3.63, 3.8) is 0 Å². The zero-order chi connectivity index (χ0) is 28.5. The molecule has 3 heterocycles. The van der Waals surface area contributed by atoms with Gasteiger partial charge in [-0.05, 0) is 98.8 Å². The molecule has 0 saturated carbocycles. The highest BCUT2D eigenvalue weighted by atomic mass is 19.1. The van der Waals surface area contributed by atoms with Gasteiger partial charge >= 0.3 is 0 Å². The number of aromatic nitrogens is 2. The largest absolute Gasteiger partial charge is 0.334 e. The van der Waals surface area contributed by atoms with Gasteiger partial charge in [-0.3, -0.25) is 14.7 Å². The number of likely N-dealkylation sites (tertiary alicyclic amines) is 2. The van der Waals surface area contributed by atoms with Gasteiger partial charge in [0.25, 0.3) is 11.8 Å². The number of halogens is 3. The number of nitrogens with one attached hydrogen (secondary N) is 2. The van der Waals surface area contributed by atoms with Crippen molar-refractivity contribution in [2.45, 2.75) is 38.1 Å². The number of hydrogen-bond acceptors (Lipinski definition) is 4. The van der Waals surface area contributed by atoms with Crippen molar-refractivity contribution in [1.29, 1.82) is 0 Å². The van der Waals surface area contributed by atoms with Crippen LogP contribution in [-0.2, 0) is 6.42 Å². The van der Waals surface area contributed by atoms with Gasteiger partial charge in [-0.15, -0.1) is 0 Å². The van der Waals surface area contributed by atoms with Gasteiger partial charge in [0.2, 0.25) is 0 Å². The first-order valence-corrected chi connectivity index (χ1v) is 13.9. The highest BCUT2D eigenvalue weighted by Crippen LogP contribution is 2.26. The Labute approximate surface area is 235 Å². The highest BCUT2D eigenvalue weighted by molar-refractivity contribution is 6.09. The molecule has 0 radical (unpaired) electrons. The number of anilines is 1. The molecule has 0 spiro atoms. The first-order chi connectivity index (χ1) is 19.8. The topological polar surface area (TPSA) is 81.3 Å². The molecule has 2 saturated heterocycles. The molecule has 10 heteroatoms. The Bertz CT molecular complexity index is 1590. The lowest BCUT2D eigenvalue weighted by Gasteiger charge is -2.28. The number of fused-ring (bicyclic) bond motifs is 1. The third-order valence-electron chi connectivity index (χ3n) is 7.95. The number of benzene rings is 3. The van der Waals surface area contributed by atoms with E-state index in [0.29, 0.717) is 23.0 Å². The van der Waals surface area contributed by atoms with Gasteiger partial charge in [0, 0.05) is 36.1 Å². The summed E-state index contributed by atoms with van der Waals surface area (Å²) in [5, 5.41) is 10.2. The maximum atomic E-state index is 14.8. The zero-order valence-electron chi connectivity index (χ0n) is 22.4. The summed E-state index contributed by atoms with van der Waals surface area (Å²) in [5.41, 5.74) is 1.83. The van der Waals surface area contributed by atoms with Crippen LogP contribution in [0.2, 0.25) is 0 Å². The van der Waals surface area contributed by atoms with E-state index in [1.165, 1.54) is 37.1 Å². The van der Waals surface area contributed by atoms with Crippen LogP contribution >= 0.6 is 0 Å². The summed E-state index contributed by atoms with van der Waals surface area (Å²) in [6, 6.07) is 12.6. The Kier molecular flexibility index (Phi) is 7.49. The van der Waals surface area contributed by atoms with Crippen LogP contribution in [0.1, 0.15) is 57.5 Å². The molecule has 2 aliphatic rings. The Morgan fingerprint density at radius 1 is 0.902 bits per heavy atom. The van der Waals surface area contributed by atoms with Gasteiger partial charge in [-0.25, -0.2) is 13.2 Å². The summed E-state index contributed by atoms with van der Waals surface area (Å²) in [5.74, 6) is -2.83. The number of hydrogen-bond donors (Lipinski definition) is 2. The summed E-state index contributed by atoms with van der Waals surface area (Å²) < 4.78 is 42.1. The second kappa shape index (κ2) is 11.4. The fourth-order valence-corrected chi connectivity index (χ4v) is 5.94. The standard InChI is InChI=1S/C31H30F3N5O2/c32-22-13-20(14-23(33)17-22)12-19-5-8-28-26(15-19)29(37-36-28)35-30(40)25-16-21(6-7-27(25)34)31(41)39-11-3-4-24(39)18-38-9-1-2-10-38/h5-8,13-17,24H,1-4,9-12,18H2,(H2,35,36,37,40). The minimum absolute atomic E-state index is 0.108. The molecule has 1 unspecified atom stereocenters. The Balaban J connectivity index is 1.20. The van der Waals surface area contributed by atoms with E-state index in [4.69, 9.17) is 0 Å². The molecule has 1 atom stereocenters. The van der Waals surface area contributed by atoms with Gasteiger partial charge in [-0.2, -0.15) is 5.10 Å². The van der Waals surface area contributed by atoms with E-state index in [-0.39, 0.29) is 35.3 Å². The first kappa shape index (κ1) is 27.0. The Morgan fingerprint density at radius 2 is 1.68 bits per heavy atom. The lowest BCUT2D eigenvalue weighted by molar-refractivity contribution is 0.0708. The summed E-state index contributed by atoms with van der Waals surface area (Å²) in [6.45, 7) is 3.57. The molecule has 2 aliphatic heterocycles. The Hall–Kier alpha value is -4.18. The Morgan fingerprint density at radius 3 is 2.46 bits per heavy atom. The van der Waals surface area contributed by atoms with Crippen LogP contribution in [0.15, 0.2) is 54.6 Å². The maximum Gasteiger partial charge on any atom is 0.259 e. The van der Waals surface area contributed by atoms with Gasteiger partial charge < -0.3 is 15.1 Å². The molecule has 212 valence electrons. The second-order valence-corrected chi connectivity index (χ2v) is 10.9. The predicted octanol–water partition coefficient (Wildman–Crippen LogP) is 5.52. The monoisotopic (exact) mass is 561 g/mol. The summed E-state index contributed by atoms with van der Waals surface area (Å²) in [6.07, 6.45) is 4.46. The molecule has 0 bridgehead atoms. The number of rotatable bonds is 7. The van der Waals surface area contributed by atoms with Crippen molar-refractivity contribution in [2.24, 2.45) is 0 Å². The normalized spacial score (nSPS) is 17.4. The van der Waals surface area contributed by atoms with E-state index < -0.39 is 23.4 Å². The van der Waals surface area contributed by atoms with Gasteiger partial charge in [0.05, 0.1) is 11.1 Å². The van der Waals surface area contributed by atoms with Crippen LogP contribution in [0.4, 0.5) is 19.0 Å². The number of H-pyrrole nitrogens is 1. The van der Waals surface area contributed by atoms with E-state index >= 15 is 0 Å². The maximum absolute atomic E-state index is 14.8. The molecule has 2 N–H and O–H groups in total. The van der Waals surface area contributed by atoms with Gasteiger partial charge in [0.15, 0.2) is 5.82 Å². The number of carbonyl (C=O) groups is 2. The van der Waals surface area contributed by atoms with Crippen molar-refractivity contribution in [1.82, 2.24) is 20.0 Å². The number of amides is 2. The predicted molar refractivity (Wildman–Crippen MR) is 149 cm³/mol. The average molecular weight is 562 g/mol.